The molecule has 1 rings (SSSR count). The summed E-state index contributed by atoms with van der Waals surface area (Å²) in [6, 6.07) is 6.66. The first-order valence-corrected chi connectivity index (χ1v) is 5.07. The van der Waals surface area contributed by atoms with Crippen molar-refractivity contribution in [3.63, 3.8) is 0 Å². The smallest absolute Gasteiger partial charge is 0.405 e. The van der Waals surface area contributed by atoms with Crippen molar-refractivity contribution in [1.29, 1.82) is 0 Å². The number of methoxy groups -OCH3 is 1. The van der Waals surface area contributed by atoms with Crippen molar-refractivity contribution < 1.29 is 17.9 Å². The van der Waals surface area contributed by atoms with E-state index in [4.69, 9.17) is 17.0 Å². The van der Waals surface area contributed by atoms with Crippen molar-refractivity contribution in [1.82, 2.24) is 5.32 Å². The lowest BCUT2D eigenvalue weighted by Crippen LogP contribution is -2.36. The van der Waals surface area contributed by atoms with Crippen LogP contribution in [0.25, 0.3) is 0 Å². The highest BCUT2D eigenvalue weighted by Gasteiger charge is 2.26. The fraction of sp³-hybridized carbons (Fsp3) is 0.300. The van der Waals surface area contributed by atoms with Gasteiger partial charge in [-0.2, -0.15) is 13.2 Å². The van der Waals surface area contributed by atoms with E-state index in [-0.39, 0.29) is 5.11 Å². The van der Waals surface area contributed by atoms with E-state index in [2.05, 4.69) is 10.6 Å². The molecule has 0 aliphatic heterocycles. The lowest BCUT2D eigenvalue weighted by Gasteiger charge is -2.12. The second-order valence-corrected chi connectivity index (χ2v) is 3.56. The molecule has 94 valence electrons. The van der Waals surface area contributed by atoms with Crippen LogP contribution in [0.2, 0.25) is 0 Å². The van der Waals surface area contributed by atoms with Crippen molar-refractivity contribution in [3.8, 4) is 5.75 Å². The molecule has 0 atom stereocenters. The lowest BCUT2D eigenvalue weighted by molar-refractivity contribution is -0.121. The van der Waals surface area contributed by atoms with Crippen LogP contribution >= 0.6 is 12.2 Å². The second-order valence-electron chi connectivity index (χ2n) is 3.15. The third kappa shape index (κ3) is 5.39. The number of rotatable bonds is 3. The Morgan fingerprint density at radius 3 is 2.35 bits per heavy atom. The number of alkyl halides is 3. The Hall–Kier alpha value is -1.50. The SMILES string of the molecule is COc1ccc(NC(=S)NCC(F)(F)F)cc1. The van der Waals surface area contributed by atoms with Crippen LogP contribution in [0.1, 0.15) is 0 Å². The van der Waals surface area contributed by atoms with Crippen molar-refractivity contribution in [2.45, 2.75) is 6.18 Å². The van der Waals surface area contributed by atoms with Crippen LogP contribution in [0.3, 0.4) is 0 Å². The maximum absolute atomic E-state index is 11.9. The Bertz CT molecular complexity index is 378. The Morgan fingerprint density at radius 1 is 1.29 bits per heavy atom. The highest BCUT2D eigenvalue weighted by molar-refractivity contribution is 7.80. The van der Waals surface area contributed by atoms with Crippen LogP contribution in [-0.2, 0) is 0 Å². The number of thiocarbonyl (C=S) groups is 1. The van der Waals surface area contributed by atoms with E-state index in [0.29, 0.717) is 11.4 Å². The summed E-state index contributed by atoms with van der Waals surface area (Å²) < 4.78 is 40.6. The summed E-state index contributed by atoms with van der Waals surface area (Å²) in [6.45, 7) is -1.16. The molecule has 0 fully saturated rings. The number of halogens is 3. The first-order valence-electron chi connectivity index (χ1n) is 4.66. The van der Waals surface area contributed by atoms with Gasteiger partial charge < -0.3 is 15.4 Å². The van der Waals surface area contributed by atoms with E-state index >= 15 is 0 Å². The Kier molecular flexibility index (Phi) is 4.56. The monoisotopic (exact) mass is 264 g/mol. The van der Waals surface area contributed by atoms with Crippen LogP contribution in [0.15, 0.2) is 24.3 Å². The molecule has 7 heteroatoms. The number of ether oxygens (including phenoxy) is 1. The average Bonchev–Trinajstić information content (AvgIpc) is 2.27. The van der Waals surface area contributed by atoms with Gasteiger partial charge in [-0.25, -0.2) is 0 Å². The predicted octanol–water partition coefficient (Wildman–Crippen LogP) is 2.54. The van der Waals surface area contributed by atoms with Gasteiger partial charge in [-0.3, -0.25) is 0 Å². The van der Waals surface area contributed by atoms with Gasteiger partial charge in [0.05, 0.1) is 7.11 Å². The predicted molar refractivity (Wildman–Crippen MR) is 63.3 cm³/mol. The molecule has 0 bridgehead atoms. The highest BCUT2D eigenvalue weighted by Crippen LogP contribution is 2.15. The summed E-state index contributed by atoms with van der Waals surface area (Å²) in [7, 11) is 1.53. The standard InChI is InChI=1S/C10H11F3N2OS/c1-16-8-4-2-7(3-5-8)15-9(17)14-6-10(11,12)13/h2-5H,6H2,1H3,(H2,14,15,17). The lowest BCUT2D eigenvalue weighted by atomic mass is 10.3. The van der Waals surface area contributed by atoms with Crippen LogP contribution in [0.4, 0.5) is 18.9 Å². The summed E-state index contributed by atoms with van der Waals surface area (Å²) in [5.41, 5.74) is 0.588. The maximum Gasteiger partial charge on any atom is 0.405 e. The van der Waals surface area contributed by atoms with E-state index in [1.807, 2.05) is 0 Å². The summed E-state index contributed by atoms with van der Waals surface area (Å²) in [5, 5.41) is 4.62. The average molecular weight is 264 g/mol. The van der Waals surface area contributed by atoms with Gasteiger partial charge in [-0.05, 0) is 36.5 Å². The third-order valence-corrected chi connectivity index (χ3v) is 2.04. The largest absolute Gasteiger partial charge is 0.497 e. The van der Waals surface area contributed by atoms with Gasteiger partial charge in [0.2, 0.25) is 0 Å². The molecular formula is C10H11F3N2OS. The summed E-state index contributed by atoms with van der Waals surface area (Å²) >= 11 is 4.71. The molecule has 0 radical (unpaired) electrons. The number of benzene rings is 1. The van der Waals surface area contributed by atoms with Crippen molar-refractivity contribution in [2.75, 3.05) is 19.0 Å². The minimum Gasteiger partial charge on any atom is -0.497 e. The zero-order chi connectivity index (χ0) is 12.9. The Balaban J connectivity index is 2.45. The van der Waals surface area contributed by atoms with Gasteiger partial charge in [0.25, 0.3) is 0 Å². The molecule has 1 aromatic rings. The molecule has 0 spiro atoms. The molecule has 0 saturated carbocycles. The van der Waals surface area contributed by atoms with E-state index in [9.17, 15) is 13.2 Å². The summed E-state index contributed by atoms with van der Waals surface area (Å²) in [4.78, 5) is 0. The molecule has 1 aromatic carbocycles. The molecule has 0 saturated heterocycles. The zero-order valence-electron chi connectivity index (χ0n) is 8.97. The molecule has 17 heavy (non-hydrogen) atoms. The Morgan fingerprint density at radius 2 is 1.88 bits per heavy atom. The van der Waals surface area contributed by atoms with Gasteiger partial charge in [-0.15, -0.1) is 0 Å². The minimum atomic E-state index is -4.29. The molecule has 0 aliphatic rings. The number of anilines is 1. The molecule has 0 aromatic heterocycles. The van der Waals surface area contributed by atoms with Crippen molar-refractivity contribution >= 4 is 23.0 Å². The molecule has 0 heterocycles. The summed E-state index contributed by atoms with van der Waals surface area (Å²) in [6.07, 6.45) is -4.29. The van der Waals surface area contributed by atoms with Crippen LogP contribution in [0, 0.1) is 0 Å². The third-order valence-electron chi connectivity index (χ3n) is 1.80. The van der Waals surface area contributed by atoms with Crippen LogP contribution < -0.4 is 15.4 Å². The highest BCUT2D eigenvalue weighted by atomic mass is 32.1. The van der Waals surface area contributed by atoms with Gasteiger partial charge in [0, 0.05) is 5.69 Å². The van der Waals surface area contributed by atoms with E-state index in [1.54, 1.807) is 24.3 Å². The second kappa shape index (κ2) is 5.72. The molecule has 0 amide bonds. The fourth-order valence-electron chi connectivity index (χ4n) is 1.03. The van der Waals surface area contributed by atoms with Crippen LogP contribution in [0.5, 0.6) is 5.75 Å². The van der Waals surface area contributed by atoms with Gasteiger partial charge in [0.15, 0.2) is 5.11 Å². The normalized spacial score (nSPS) is 10.8. The maximum atomic E-state index is 11.9. The Labute approximate surface area is 102 Å². The first-order chi connectivity index (χ1) is 7.90. The van der Waals surface area contributed by atoms with Gasteiger partial charge >= 0.3 is 6.18 Å². The number of hydrogen-bond donors (Lipinski definition) is 2. The van der Waals surface area contributed by atoms with Crippen molar-refractivity contribution in [3.05, 3.63) is 24.3 Å². The fourth-order valence-corrected chi connectivity index (χ4v) is 1.22. The number of nitrogens with one attached hydrogen (secondary N) is 2. The summed E-state index contributed by atoms with van der Waals surface area (Å²) in [5.74, 6) is 0.657. The first kappa shape index (κ1) is 13.6. The van der Waals surface area contributed by atoms with Crippen LogP contribution in [-0.4, -0.2) is 24.9 Å². The van der Waals surface area contributed by atoms with E-state index < -0.39 is 12.7 Å². The van der Waals surface area contributed by atoms with Gasteiger partial charge in [-0.1, -0.05) is 0 Å². The molecule has 3 nitrogen and oxygen atoms in total. The molecule has 0 unspecified atom stereocenters. The topological polar surface area (TPSA) is 33.3 Å². The molecular weight excluding hydrogens is 253 g/mol. The van der Waals surface area contributed by atoms with Gasteiger partial charge in [0.1, 0.15) is 12.3 Å². The zero-order valence-corrected chi connectivity index (χ0v) is 9.78. The number of hydrogen-bond acceptors (Lipinski definition) is 2. The molecule has 2 N–H and O–H groups in total. The van der Waals surface area contributed by atoms with E-state index in [1.165, 1.54) is 7.11 Å². The van der Waals surface area contributed by atoms with Crippen molar-refractivity contribution in [2.24, 2.45) is 0 Å². The van der Waals surface area contributed by atoms with E-state index in [0.717, 1.165) is 0 Å². The quantitative estimate of drug-likeness (QED) is 0.822. The minimum absolute atomic E-state index is 0.0764. The molecule has 0 aliphatic carbocycles.